The molecule has 0 aliphatic heterocycles. The van der Waals surface area contributed by atoms with E-state index >= 15 is 0 Å². The van der Waals surface area contributed by atoms with Gasteiger partial charge in [-0.2, -0.15) is 0 Å². The van der Waals surface area contributed by atoms with Crippen LogP contribution in [-0.2, 0) is 4.79 Å². The van der Waals surface area contributed by atoms with Crippen LogP contribution in [0.4, 0.5) is 15.8 Å². The van der Waals surface area contributed by atoms with Crippen molar-refractivity contribution in [1.29, 1.82) is 0 Å². The van der Waals surface area contributed by atoms with Crippen molar-refractivity contribution >= 4 is 23.2 Å². The van der Waals surface area contributed by atoms with Crippen LogP contribution in [0.5, 0.6) is 5.75 Å². The van der Waals surface area contributed by atoms with E-state index in [1.165, 1.54) is 12.1 Å². The quantitative estimate of drug-likeness (QED) is 0.726. The maximum absolute atomic E-state index is 13.4. The third-order valence-corrected chi connectivity index (χ3v) is 3.15. The molecule has 0 saturated carbocycles. The van der Waals surface area contributed by atoms with Gasteiger partial charge >= 0.3 is 0 Å². The molecule has 0 aliphatic rings. The summed E-state index contributed by atoms with van der Waals surface area (Å²) in [6, 6.07) is 10.9. The fourth-order valence-electron chi connectivity index (χ4n) is 2.05. The molecular weight excluding hydrogens is 313 g/mol. The van der Waals surface area contributed by atoms with Crippen LogP contribution < -0.4 is 21.1 Å². The second kappa shape index (κ2) is 7.96. The number of carbonyl (C=O) groups excluding carboxylic acids is 2. The Morgan fingerprint density at radius 3 is 2.67 bits per heavy atom. The van der Waals surface area contributed by atoms with Crippen LogP contribution in [0.3, 0.4) is 0 Å². The lowest BCUT2D eigenvalue weighted by Gasteiger charge is -2.12. The second-order valence-electron chi connectivity index (χ2n) is 4.89. The molecule has 2 aromatic carbocycles. The number of para-hydroxylation sites is 2. The number of hydrogen-bond acceptors (Lipinski definition) is 4. The van der Waals surface area contributed by atoms with E-state index in [1.807, 2.05) is 13.0 Å². The van der Waals surface area contributed by atoms with Crippen molar-refractivity contribution < 1.29 is 18.7 Å². The highest BCUT2D eigenvalue weighted by atomic mass is 19.1. The summed E-state index contributed by atoms with van der Waals surface area (Å²) >= 11 is 0. The molecule has 2 amide bonds. The van der Waals surface area contributed by atoms with Gasteiger partial charge in [-0.3, -0.25) is 9.59 Å². The predicted octanol–water partition coefficient (Wildman–Crippen LogP) is 2.37. The van der Waals surface area contributed by atoms with Crippen molar-refractivity contribution in [3.63, 3.8) is 0 Å². The van der Waals surface area contributed by atoms with E-state index in [-0.39, 0.29) is 18.0 Å². The number of rotatable bonds is 7. The molecule has 0 fully saturated rings. The van der Waals surface area contributed by atoms with Crippen LogP contribution >= 0.6 is 0 Å². The molecule has 0 aromatic heterocycles. The normalized spacial score (nSPS) is 10.1. The Balaban J connectivity index is 1.99. The highest BCUT2D eigenvalue weighted by Gasteiger charge is 2.10. The van der Waals surface area contributed by atoms with Crippen LogP contribution in [0, 0.1) is 5.82 Å². The first-order chi connectivity index (χ1) is 11.5. The summed E-state index contributed by atoms with van der Waals surface area (Å²) in [5.74, 6) is -1.31. The molecule has 2 aromatic rings. The summed E-state index contributed by atoms with van der Waals surface area (Å²) < 4.78 is 18.8. The van der Waals surface area contributed by atoms with Crippen LogP contribution in [0.25, 0.3) is 0 Å². The second-order valence-corrected chi connectivity index (χ2v) is 4.89. The zero-order chi connectivity index (χ0) is 17.5. The third-order valence-electron chi connectivity index (χ3n) is 3.15. The maximum atomic E-state index is 13.4. The van der Waals surface area contributed by atoms with Crippen LogP contribution in [0.1, 0.15) is 17.3 Å². The van der Waals surface area contributed by atoms with Crippen molar-refractivity contribution in [2.24, 2.45) is 5.73 Å². The van der Waals surface area contributed by atoms with Crippen LogP contribution in [-0.4, -0.2) is 25.0 Å². The number of nitrogens with two attached hydrogens (primary N) is 1. The monoisotopic (exact) mass is 331 g/mol. The average Bonchev–Trinajstić information content (AvgIpc) is 2.56. The number of hydrogen-bond donors (Lipinski definition) is 3. The maximum Gasteiger partial charge on any atom is 0.251 e. The smallest absolute Gasteiger partial charge is 0.251 e. The summed E-state index contributed by atoms with van der Waals surface area (Å²) in [6.45, 7) is 2.27. The van der Waals surface area contributed by atoms with E-state index in [0.717, 1.165) is 6.07 Å². The zero-order valence-electron chi connectivity index (χ0n) is 13.1. The molecule has 0 bridgehead atoms. The third kappa shape index (κ3) is 4.45. The summed E-state index contributed by atoms with van der Waals surface area (Å²) in [6.07, 6.45) is 0. The first-order valence-corrected chi connectivity index (χ1v) is 7.36. The zero-order valence-corrected chi connectivity index (χ0v) is 13.1. The largest absolute Gasteiger partial charge is 0.492 e. The summed E-state index contributed by atoms with van der Waals surface area (Å²) in [4.78, 5) is 23.1. The molecule has 0 aliphatic carbocycles. The number of primary amides is 1. The van der Waals surface area contributed by atoms with Gasteiger partial charge in [0, 0.05) is 5.69 Å². The lowest BCUT2D eigenvalue weighted by Crippen LogP contribution is -2.22. The number of nitrogens with one attached hydrogen (secondary N) is 2. The van der Waals surface area contributed by atoms with Gasteiger partial charge in [-0.25, -0.2) is 4.39 Å². The van der Waals surface area contributed by atoms with E-state index in [4.69, 9.17) is 10.5 Å². The van der Waals surface area contributed by atoms with E-state index in [9.17, 15) is 14.0 Å². The van der Waals surface area contributed by atoms with E-state index in [0.29, 0.717) is 23.7 Å². The Labute approximate surface area is 138 Å². The molecule has 6 nitrogen and oxygen atoms in total. The Bertz CT molecular complexity index is 750. The fraction of sp³-hybridized carbons (Fsp3) is 0.176. The van der Waals surface area contributed by atoms with E-state index < -0.39 is 11.7 Å². The minimum Gasteiger partial charge on any atom is -0.492 e. The SMILES string of the molecule is CCOc1ccccc1NC(=O)CNc1ccc(F)c(C(N)=O)c1. The van der Waals surface area contributed by atoms with Gasteiger partial charge in [0.2, 0.25) is 5.91 Å². The van der Waals surface area contributed by atoms with Gasteiger partial charge in [-0.1, -0.05) is 12.1 Å². The first-order valence-electron chi connectivity index (χ1n) is 7.36. The number of ether oxygens (including phenoxy) is 1. The van der Waals surface area contributed by atoms with Crippen molar-refractivity contribution in [3.05, 3.63) is 53.8 Å². The van der Waals surface area contributed by atoms with Gasteiger partial charge in [0.1, 0.15) is 11.6 Å². The Kier molecular flexibility index (Phi) is 5.73. The topological polar surface area (TPSA) is 93.4 Å². The molecule has 0 radical (unpaired) electrons. The molecule has 0 saturated heterocycles. The van der Waals surface area contributed by atoms with E-state index in [2.05, 4.69) is 10.6 Å². The number of anilines is 2. The molecule has 0 unspecified atom stereocenters. The summed E-state index contributed by atoms with van der Waals surface area (Å²) in [5, 5.41) is 5.53. The number of halogens is 1. The lowest BCUT2D eigenvalue weighted by molar-refractivity contribution is -0.114. The van der Waals surface area contributed by atoms with Gasteiger partial charge in [0.05, 0.1) is 24.4 Å². The lowest BCUT2D eigenvalue weighted by atomic mass is 10.2. The predicted molar refractivity (Wildman–Crippen MR) is 89.6 cm³/mol. The summed E-state index contributed by atoms with van der Waals surface area (Å²) in [7, 11) is 0. The Hall–Kier alpha value is -3.09. The molecule has 2 rings (SSSR count). The first kappa shape index (κ1) is 17.3. The molecule has 7 heteroatoms. The van der Waals surface area contributed by atoms with Gasteiger partial charge in [-0.05, 0) is 37.3 Å². The minimum absolute atomic E-state index is 0.0652. The molecular formula is C17H18FN3O3. The highest BCUT2D eigenvalue weighted by Crippen LogP contribution is 2.23. The Morgan fingerprint density at radius 1 is 1.21 bits per heavy atom. The van der Waals surface area contributed by atoms with Crippen LogP contribution in [0.2, 0.25) is 0 Å². The van der Waals surface area contributed by atoms with Crippen molar-refractivity contribution in [3.8, 4) is 5.75 Å². The molecule has 4 N–H and O–H groups in total. The molecule has 0 spiro atoms. The fourth-order valence-corrected chi connectivity index (χ4v) is 2.05. The molecule has 24 heavy (non-hydrogen) atoms. The van der Waals surface area contributed by atoms with E-state index in [1.54, 1.807) is 18.2 Å². The van der Waals surface area contributed by atoms with Crippen molar-refractivity contribution in [2.75, 3.05) is 23.8 Å². The van der Waals surface area contributed by atoms with Gasteiger partial charge in [0.25, 0.3) is 5.91 Å². The number of carbonyl (C=O) groups is 2. The van der Waals surface area contributed by atoms with Crippen LogP contribution in [0.15, 0.2) is 42.5 Å². The van der Waals surface area contributed by atoms with Gasteiger partial charge in [-0.15, -0.1) is 0 Å². The van der Waals surface area contributed by atoms with Gasteiger partial charge in [0.15, 0.2) is 0 Å². The summed E-state index contributed by atoms with van der Waals surface area (Å²) in [5.41, 5.74) is 5.83. The number of amides is 2. The average molecular weight is 331 g/mol. The number of benzene rings is 2. The van der Waals surface area contributed by atoms with Gasteiger partial charge < -0.3 is 21.1 Å². The molecule has 0 heterocycles. The Morgan fingerprint density at radius 2 is 1.96 bits per heavy atom. The van der Waals surface area contributed by atoms with Crippen molar-refractivity contribution in [1.82, 2.24) is 0 Å². The standard InChI is InChI=1S/C17H18FN3O3/c1-2-24-15-6-4-3-5-14(15)21-16(22)10-20-11-7-8-13(18)12(9-11)17(19)23/h3-9,20H,2,10H2,1H3,(H2,19,23)(H,21,22). The molecule has 0 atom stereocenters. The molecule has 126 valence electrons. The minimum atomic E-state index is -0.869. The highest BCUT2D eigenvalue weighted by molar-refractivity contribution is 5.96. The van der Waals surface area contributed by atoms with Crippen molar-refractivity contribution in [2.45, 2.75) is 6.92 Å².